The van der Waals surface area contributed by atoms with Gasteiger partial charge in [0.1, 0.15) is 5.82 Å². The van der Waals surface area contributed by atoms with Crippen LogP contribution in [0.5, 0.6) is 5.88 Å². The molecule has 9 nitrogen and oxygen atoms in total. The van der Waals surface area contributed by atoms with Crippen LogP contribution in [-0.2, 0) is 22.5 Å². The topological polar surface area (TPSA) is 122 Å². The first-order valence-electron chi connectivity index (χ1n) is 14.9. The summed E-state index contributed by atoms with van der Waals surface area (Å²) in [6.45, 7) is 4.66. The second-order valence-corrected chi connectivity index (χ2v) is 11.3. The van der Waals surface area contributed by atoms with Crippen LogP contribution in [0.3, 0.4) is 0 Å². The second kappa shape index (κ2) is 13.5. The second-order valence-electron chi connectivity index (χ2n) is 11.3. The third-order valence-electron chi connectivity index (χ3n) is 8.39. The van der Waals surface area contributed by atoms with Crippen LogP contribution in [0.25, 0.3) is 22.0 Å². The number of aromatic nitrogens is 3. The summed E-state index contributed by atoms with van der Waals surface area (Å²) in [7, 11) is 3.23. The summed E-state index contributed by atoms with van der Waals surface area (Å²) in [6.07, 6.45) is 5.11. The zero-order valence-corrected chi connectivity index (χ0v) is 25.2. The van der Waals surface area contributed by atoms with Crippen LogP contribution in [0, 0.1) is 12.7 Å². The summed E-state index contributed by atoms with van der Waals surface area (Å²) >= 11 is 0. The number of para-hydroxylation sites is 1. The summed E-state index contributed by atoms with van der Waals surface area (Å²) in [6, 6.07) is 12.9. The molecule has 1 fully saturated rings. The van der Waals surface area contributed by atoms with Gasteiger partial charge in [-0.2, -0.15) is 4.98 Å². The number of nitrogen functional groups attached to an aromatic ring is 1. The third kappa shape index (κ3) is 6.65. The molecule has 2 atom stereocenters. The van der Waals surface area contributed by atoms with Crippen LogP contribution in [0.4, 0.5) is 10.3 Å². The molecule has 4 aromatic rings. The van der Waals surface area contributed by atoms with Crippen molar-refractivity contribution in [3.05, 3.63) is 71.3 Å². The molecule has 228 valence electrons. The maximum Gasteiger partial charge on any atom is 0.225 e. The molecular formula is C33H41FN6O3. The van der Waals surface area contributed by atoms with Gasteiger partial charge in [0.25, 0.3) is 0 Å². The molecule has 1 amide bonds. The SMILES string of the molecule is COCCCn1c(C2CCCN(C(=O)CC(N)Cc3ccc(-c4cnc(N)nc4OC)cc3)C2)c(C)c2cccc(F)c21. The van der Waals surface area contributed by atoms with E-state index in [1.165, 1.54) is 6.07 Å². The van der Waals surface area contributed by atoms with Crippen LogP contribution in [0.15, 0.2) is 48.7 Å². The molecular weight excluding hydrogens is 547 g/mol. The summed E-state index contributed by atoms with van der Waals surface area (Å²) in [5.74, 6) is 0.543. The lowest BCUT2D eigenvalue weighted by molar-refractivity contribution is -0.132. The van der Waals surface area contributed by atoms with Crippen molar-refractivity contribution in [2.45, 2.75) is 57.5 Å². The monoisotopic (exact) mass is 588 g/mol. The fraction of sp³-hybridized carbons (Fsp3) is 0.424. The zero-order chi connectivity index (χ0) is 30.5. The number of aryl methyl sites for hydroxylation is 2. The van der Waals surface area contributed by atoms with Gasteiger partial charge in [-0.25, -0.2) is 9.37 Å². The van der Waals surface area contributed by atoms with Gasteiger partial charge in [0, 0.05) is 69.0 Å². The van der Waals surface area contributed by atoms with Gasteiger partial charge in [-0.05, 0) is 55.4 Å². The van der Waals surface area contributed by atoms with Gasteiger partial charge in [-0.3, -0.25) is 4.79 Å². The Kier molecular flexibility index (Phi) is 9.57. The number of hydrogen-bond donors (Lipinski definition) is 2. The highest BCUT2D eigenvalue weighted by molar-refractivity contribution is 5.86. The number of nitrogens with zero attached hydrogens (tertiary/aromatic N) is 4. The Morgan fingerprint density at radius 1 is 1.19 bits per heavy atom. The molecule has 2 unspecified atom stereocenters. The first kappa shape index (κ1) is 30.4. The maximum atomic E-state index is 15.1. The van der Waals surface area contributed by atoms with Crippen molar-refractivity contribution in [3.63, 3.8) is 0 Å². The van der Waals surface area contributed by atoms with E-state index in [1.54, 1.807) is 26.5 Å². The van der Waals surface area contributed by atoms with Crippen molar-refractivity contribution in [1.29, 1.82) is 0 Å². The molecule has 0 saturated carbocycles. The first-order chi connectivity index (χ1) is 20.8. The van der Waals surface area contributed by atoms with Crippen molar-refractivity contribution >= 4 is 22.8 Å². The van der Waals surface area contributed by atoms with Crippen molar-refractivity contribution in [1.82, 2.24) is 19.4 Å². The normalized spacial score (nSPS) is 16.0. The average molecular weight is 589 g/mol. The molecule has 3 heterocycles. The van der Waals surface area contributed by atoms with Crippen molar-refractivity contribution in [3.8, 4) is 17.0 Å². The Hall–Kier alpha value is -4.02. The van der Waals surface area contributed by atoms with E-state index in [2.05, 4.69) is 21.5 Å². The Balaban J connectivity index is 1.25. The number of carbonyl (C=O) groups excluding carboxylic acids is 1. The molecule has 2 aromatic carbocycles. The van der Waals surface area contributed by atoms with Gasteiger partial charge in [0.15, 0.2) is 0 Å². The number of anilines is 1. The lowest BCUT2D eigenvalue weighted by atomic mass is 9.91. The number of likely N-dealkylation sites (tertiary alicyclic amines) is 1. The summed E-state index contributed by atoms with van der Waals surface area (Å²) in [5, 5.41) is 0.936. The van der Waals surface area contributed by atoms with E-state index in [0.29, 0.717) is 44.1 Å². The van der Waals surface area contributed by atoms with Gasteiger partial charge < -0.3 is 30.4 Å². The molecule has 1 aliphatic heterocycles. The number of methoxy groups -OCH3 is 2. The number of halogens is 1. The predicted octanol–water partition coefficient (Wildman–Crippen LogP) is 4.84. The summed E-state index contributed by atoms with van der Waals surface area (Å²) < 4.78 is 27.8. The maximum absolute atomic E-state index is 15.1. The Bertz CT molecular complexity index is 1570. The number of carbonyl (C=O) groups is 1. The molecule has 1 aliphatic rings. The highest BCUT2D eigenvalue weighted by atomic mass is 19.1. The zero-order valence-electron chi connectivity index (χ0n) is 25.2. The number of rotatable bonds is 11. The van der Waals surface area contributed by atoms with E-state index in [4.69, 9.17) is 20.9 Å². The number of nitrogens with two attached hydrogens (primary N) is 2. The van der Waals surface area contributed by atoms with Crippen molar-refractivity contribution in [2.24, 2.45) is 5.73 Å². The molecule has 0 radical (unpaired) electrons. The van der Waals surface area contributed by atoms with Gasteiger partial charge in [-0.15, -0.1) is 0 Å². The fourth-order valence-corrected chi connectivity index (χ4v) is 6.39. The fourth-order valence-electron chi connectivity index (χ4n) is 6.39. The van der Waals surface area contributed by atoms with Gasteiger partial charge in [0.2, 0.25) is 17.7 Å². The molecule has 0 aliphatic carbocycles. The quantitative estimate of drug-likeness (QED) is 0.241. The van der Waals surface area contributed by atoms with Crippen molar-refractivity contribution < 1.29 is 18.7 Å². The lowest BCUT2D eigenvalue weighted by Gasteiger charge is -2.34. The molecule has 2 aromatic heterocycles. The van der Waals surface area contributed by atoms with E-state index in [1.807, 2.05) is 35.2 Å². The van der Waals surface area contributed by atoms with Crippen LogP contribution in [0.1, 0.15) is 48.4 Å². The Labute approximate surface area is 252 Å². The van der Waals surface area contributed by atoms with E-state index in [0.717, 1.165) is 52.6 Å². The van der Waals surface area contributed by atoms with Gasteiger partial charge >= 0.3 is 0 Å². The smallest absolute Gasteiger partial charge is 0.225 e. The largest absolute Gasteiger partial charge is 0.480 e. The molecule has 43 heavy (non-hydrogen) atoms. The minimum Gasteiger partial charge on any atom is -0.480 e. The molecule has 5 rings (SSSR count). The number of hydrogen-bond acceptors (Lipinski definition) is 7. The lowest BCUT2D eigenvalue weighted by Crippen LogP contribution is -2.42. The van der Waals surface area contributed by atoms with E-state index in [-0.39, 0.29) is 36.1 Å². The Morgan fingerprint density at radius 2 is 1.98 bits per heavy atom. The summed E-state index contributed by atoms with van der Waals surface area (Å²) in [5.41, 5.74) is 17.7. The first-order valence-corrected chi connectivity index (χ1v) is 14.9. The van der Waals surface area contributed by atoms with Gasteiger partial charge in [0.05, 0.1) is 18.2 Å². The highest BCUT2D eigenvalue weighted by Crippen LogP contribution is 2.37. The molecule has 10 heteroatoms. The van der Waals surface area contributed by atoms with Crippen LogP contribution in [0.2, 0.25) is 0 Å². The van der Waals surface area contributed by atoms with Gasteiger partial charge in [-0.1, -0.05) is 36.4 Å². The predicted molar refractivity (Wildman–Crippen MR) is 166 cm³/mol. The third-order valence-corrected chi connectivity index (χ3v) is 8.39. The highest BCUT2D eigenvalue weighted by Gasteiger charge is 2.30. The number of piperidine rings is 1. The van der Waals surface area contributed by atoms with Crippen molar-refractivity contribution in [2.75, 3.05) is 39.6 Å². The molecule has 1 saturated heterocycles. The molecule has 0 spiro atoms. The minimum absolute atomic E-state index is 0.0588. The average Bonchev–Trinajstić information content (AvgIpc) is 3.29. The number of amides is 1. The number of fused-ring (bicyclic) bond motifs is 1. The summed E-state index contributed by atoms with van der Waals surface area (Å²) in [4.78, 5) is 23.6. The van der Waals surface area contributed by atoms with E-state index in [9.17, 15) is 4.79 Å². The van der Waals surface area contributed by atoms with Crippen LogP contribution in [-0.4, -0.2) is 65.3 Å². The molecule has 4 N–H and O–H groups in total. The van der Waals surface area contributed by atoms with E-state index >= 15 is 4.39 Å². The standard InChI is InChI=1S/C33H41FN6O3/c1-21-26-8-4-9-28(34)31(26)40(15-6-16-42-2)30(21)24-7-5-14-39(20-24)29(41)18-25(35)17-22-10-12-23(13-11-22)27-19-37-33(36)38-32(27)43-3/h4,8-13,19,24-25H,5-7,14-18,20,35H2,1-3H3,(H2,36,37,38). The molecule has 0 bridgehead atoms. The number of ether oxygens (including phenoxy) is 2. The minimum atomic E-state index is -0.315. The van der Waals surface area contributed by atoms with Crippen LogP contribution >= 0.6 is 0 Å². The Morgan fingerprint density at radius 3 is 2.72 bits per heavy atom. The van der Waals surface area contributed by atoms with Crippen LogP contribution < -0.4 is 16.2 Å². The number of benzene rings is 2. The van der Waals surface area contributed by atoms with E-state index < -0.39 is 0 Å².